The fourth-order valence-corrected chi connectivity index (χ4v) is 4.63. The molecular formula is C29H26F4N2O. The summed E-state index contributed by atoms with van der Waals surface area (Å²) < 4.78 is 57.7. The van der Waals surface area contributed by atoms with Gasteiger partial charge in [-0.25, -0.2) is 4.39 Å². The minimum absolute atomic E-state index is 0.0534. The lowest BCUT2D eigenvalue weighted by molar-refractivity contribution is -0.138. The third kappa shape index (κ3) is 4.97. The molecule has 0 saturated heterocycles. The maximum atomic E-state index is 14.9. The smallest absolute Gasteiger partial charge is 0.344 e. The van der Waals surface area contributed by atoms with Crippen molar-refractivity contribution in [2.75, 3.05) is 0 Å². The number of halogens is 4. The molecule has 0 fully saturated rings. The zero-order valence-corrected chi connectivity index (χ0v) is 19.9. The fraction of sp³-hybridized carbons (Fsp3) is 0.207. The van der Waals surface area contributed by atoms with Gasteiger partial charge in [0.05, 0.1) is 11.1 Å². The molecule has 2 N–H and O–H groups in total. The molecule has 3 aromatic carbocycles. The largest absolute Gasteiger partial charge is 0.416 e. The van der Waals surface area contributed by atoms with E-state index in [1.807, 2.05) is 30.3 Å². The fourth-order valence-electron chi connectivity index (χ4n) is 4.63. The molecule has 4 aromatic rings. The minimum Gasteiger partial charge on any atom is -0.344 e. The van der Waals surface area contributed by atoms with Crippen LogP contribution in [0.3, 0.4) is 0 Å². The average molecular weight is 495 g/mol. The van der Waals surface area contributed by atoms with Gasteiger partial charge < -0.3 is 10.3 Å². The molecule has 3 nitrogen and oxygen atoms in total. The van der Waals surface area contributed by atoms with Crippen molar-refractivity contribution in [1.29, 1.82) is 0 Å². The van der Waals surface area contributed by atoms with Gasteiger partial charge in [-0.15, -0.1) is 0 Å². The molecule has 1 unspecified atom stereocenters. The molecule has 0 aliphatic rings. The highest BCUT2D eigenvalue weighted by Gasteiger charge is 2.33. The molecule has 0 spiro atoms. The highest BCUT2D eigenvalue weighted by atomic mass is 19.4. The zero-order chi connectivity index (χ0) is 26.0. The molecule has 186 valence electrons. The Morgan fingerprint density at radius 1 is 0.861 bits per heavy atom. The summed E-state index contributed by atoms with van der Waals surface area (Å²) in [6.45, 7) is 3.19. The number of nitrogens with zero attached hydrogens (tertiary/aromatic N) is 1. The van der Waals surface area contributed by atoms with Gasteiger partial charge in [0.15, 0.2) is 5.43 Å². The molecule has 36 heavy (non-hydrogen) atoms. The van der Waals surface area contributed by atoms with Crippen molar-refractivity contribution in [3.63, 3.8) is 0 Å². The van der Waals surface area contributed by atoms with E-state index >= 15 is 0 Å². The van der Waals surface area contributed by atoms with Crippen LogP contribution < -0.4 is 11.2 Å². The predicted molar refractivity (Wildman–Crippen MR) is 133 cm³/mol. The van der Waals surface area contributed by atoms with Crippen molar-refractivity contribution >= 4 is 0 Å². The molecule has 1 atom stereocenters. The molecule has 0 bridgehead atoms. The number of rotatable bonds is 6. The van der Waals surface area contributed by atoms with Gasteiger partial charge >= 0.3 is 6.18 Å². The molecule has 1 heterocycles. The van der Waals surface area contributed by atoms with Gasteiger partial charge in [0.25, 0.3) is 0 Å². The van der Waals surface area contributed by atoms with Crippen LogP contribution in [0.1, 0.15) is 39.7 Å². The summed E-state index contributed by atoms with van der Waals surface area (Å²) in [5.41, 5.74) is 7.64. The first-order valence-electron chi connectivity index (χ1n) is 11.5. The van der Waals surface area contributed by atoms with Crippen molar-refractivity contribution in [3.8, 4) is 11.1 Å². The second-order valence-corrected chi connectivity index (χ2v) is 8.80. The summed E-state index contributed by atoms with van der Waals surface area (Å²) in [7, 11) is 0. The molecule has 1 aromatic heterocycles. The van der Waals surface area contributed by atoms with E-state index in [2.05, 4.69) is 0 Å². The second kappa shape index (κ2) is 10.1. The topological polar surface area (TPSA) is 48.0 Å². The summed E-state index contributed by atoms with van der Waals surface area (Å²) in [5, 5.41) is 0. The van der Waals surface area contributed by atoms with E-state index in [1.54, 1.807) is 30.5 Å². The van der Waals surface area contributed by atoms with Crippen LogP contribution in [0.4, 0.5) is 17.6 Å². The molecule has 0 saturated carbocycles. The quantitative estimate of drug-likeness (QED) is 0.308. The van der Waals surface area contributed by atoms with E-state index in [9.17, 15) is 22.4 Å². The van der Waals surface area contributed by atoms with E-state index in [0.717, 1.165) is 11.6 Å². The SMILES string of the molecule is Cc1c(CC(N)c2ccccc2)c(=O)c(-c2ccccc2F)c(C)n1Cc1ccccc1C(F)(F)F. The molecule has 4 rings (SSSR count). The Morgan fingerprint density at radius 2 is 1.47 bits per heavy atom. The van der Waals surface area contributed by atoms with Gasteiger partial charge in [-0.3, -0.25) is 4.79 Å². The van der Waals surface area contributed by atoms with E-state index in [-0.39, 0.29) is 35.1 Å². The first kappa shape index (κ1) is 25.4. The van der Waals surface area contributed by atoms with Gasteiger partial charge in [-0.05, 0) is 43.5 Å². The van der Waals surface area contributed by atoms with Gasteiger partial charge in [-0.2, -0.15) is 13.2 Å². The van der Waals surface area contributed by atoms with Crippen molar-refractivity contribution in [1.82, 2.24) is 4.57 Å². The van der Waals surface area contributed by atoms with Crippen LogP contribution >= 0.6 is 0 Å². The van der Waals surface area contributed by atoms with Crippen molar-refractivity contribution in [2.24, 2.45) is 5.73 Å². The lowest BCUT2D eigenvalue weighted by atomic mass is 9.93. The first-order chi connectivity index (χ1) is 17.1. The number of pyridine rings is 1. The summed E-state index contributed by atoms with van der Waals surface area (Å²) in [5.74, 6) is -0.581. The monoisotopic (exact) mass is 494 g/mol. The number of hydrogen-bond acceptors (Lipinski definition) is 2. The van der Waals surface area contributed by atoms with E-state index < -0.39 is 23.6 Å². The number of hydrogen-bond donors (Lipinski definition) is 1. The zero-order valence-electron chi connectivity index (χ0n) is 19.9. The standard InChI is InChI=1S/C29H26F4N2O/c1-18-23(16-26(34)20-10-4-3-5-11-20)28(36)27(22-13-7-9-15-25(22)30)19(2)35(18)17-21-12-6-8-14-24(21)29(31,32)33/h3-15,26H,16-17,34H2,1-2H3. The lowest BCUT2D eigenvalue weighted by Crippen LogP contribution is -2.27. The Balaban J connectivity index is 1.93. The summed E-state index contributed by atoms with van der Waals surface area (Å²) in [6.07, 6.45) is -4.39. The maximum absolute atomic E-state index is 14.9. The van der Waals surface area contributed by atoms with Crippen molar-refractivity contribution in [3.05, 3.63) is 129 Å². The van der Waals surface area contributed by atoms with Crippen molar-refractivity contribution < 1.29 is 17.6 Å². The second-order valence-electron chi connectivity index (χ2n) is 8.80. The van der Waals surface area contributed by atoms with Crippen LogP contribution in [0.2, 0.25) is 0 Å². The summed E-state index contributed by atoms with van der Waals surface area (Å²) in [6, 6.07) is 20.0. The Bertz CT molecular complexity index is 1440. The molecule has 0 aliphatic carbocycles. The molecule has 0 amide bonds. The van der Waals surface area contributed by atoms with Crippen LogP contribution in [-0.2, 0) is 19.1 Å². The average Bonchev–Trinajstić information content (AvgIpc) is 2.85. The number of benzene rings is 3. The maximum Gasteiger partial charge on any atom is 0.416 e. The summed E-state index contributed by atoms with van der Waals surface area (Å²) >= 11 is 0. The highest BCUT2D eigenvalue weighted by molar-refractivity contribution is 5.68. The Hall–Kier alpha value is -3.71. The predicted octanol–water partition coefficient (Wildman–Crippen LogP) is 6.58. The van der Waals surface area contributed by atoms with E-state index in [4.69, 9.17) is 5.73 Å². The number of aromatic nitrogens is 1. The van der Waals surface area contributed by atoms with Crippen LogP contribution in [0.25, 0.3) is 11.1 Å². The van der Waals surface area contributed by atoms with Gasteiger partial charge in [0.2, 0.25) is 0 Å². The van der Waals surface area contributed by atoms with E-state index in [1.165, 1.54) is 30.3 Å². The van der Waals surface area contributed by atoms with Crippen LogP contribution in [-0.4, -0.2) is 4.57 Å². The number of alkyl halides is 3. The molecular weight excluding hydrogens is 468 g/mol. The van der Waals surface area contributed by atoms with Gasteiger partial charge in [0, 0.05) is 35.1 Å². The Morgan fingerprint density at radius 3 is 2.14 bits per heavy atom. The van der Waals surface area contributed by atoms with Crippen molar-refractivity contribution in [2.45, 2.75) is 39.0 Å². The van der Waals surface area contributed by atoms with Gasteiger partial charge in [0.1, 0.15) is 5.82 Å². The normalized spacial score (nSPS) is 12.5. The Kier molecular flexibility index (Phi) is 7.13. The highest BCUT2D eigenvalue weighted by Crippen LogP contribution is 2.33. The third-order valence-electron chi connectivity index (χ3n) is 6.56. The van der Waals surface area contributed by atoms with Crippen LogP contribution in [0, 0.1) is 19.7 Å². The summed E-state index contributed by atoms with van der Waals surface area (Å²) in [4.78, 5) is 13.7. The van der Waals surface area contributed by atoms with Crippen LogP contribution in [0.5, 0.6) is 0 Å². The molecule has 0 radical (unpaired) electrons. The van der Waals surface area contributed by atoms with Gasteiger partial charge in [-0.1, -0.05) is 66.7 Å². The Labute approximate surface area is 206 Å². The van der Waals surface area contributed by atoms with Crippen LogP contribution in [0.15, 0.2) is 83.7 Å². The minimum atomic E-state index is -4.54. The third-order valence-corrected chi connectivity index (χ3v) is 6.56. The molecule has 7 heteroatoms. The lowest BCUT2D eigenvalue weighted by Gasteiger charge is -2.24. The number of nitrogens with two attached hydrogens (primary N) is 1. The van der Waals surface area contributed by atoms with E-state index in [0.29, 0.717) is 17.0 Å². The molecule has 0 aliphatic heterocycles. The first-order valence-corrected chi connectivity index (χ1v) is 11.5.